The minimum absolute atomic E-state index is 0.111. The molecule has 0 bridgehead atoms. The molecule has 1 nitrogen and oxygen atoms in total. The minimum Gasteiger partial charge on any atom is -0.206 e. The number of nitriles is 1. The van der Waals surface area contributed by atoms with Crippen molar-refractivity contribution in [3.05, 3.63) is 29.6 Å². The van der Waals surface area contributed by atoms with E-state index in [1.165, 1.54) is 6.07 Å². The number of nitrogens with zero attached hydrogens (tertiary/aromatic N) is 1. The van der Waals surface area contributed by atoms with Crippen molar-refractivity contribution in [1.29, 1.82) is 5.26 Å². The van der Waals surface area contributed by atoms with Crippen LogP contribution in [0.1, 0.15) is 5.56 Å². The first-order chi connectivity index (χ1) is 4.75. The van der Waals surface area contributed by atoms with Gasteiger partial charge >= 0.3 is 0 Å². The standard InChI is InChI=1S/C7H5BFN/c8-6-3-1-2-5(4-10)7(6)9/h1-3H,8H2. The van der Waals surface area contributed by atoms with Crippen molar-refractivity contribution in [2.75, 3.05) is 0 Å². The zero-order valence-electron chi connectivity index (χ0n) is 5.56. The molecule has 0 saturated heterocycles. The van der Waals surface area contributed by atoms with Gasteiger partial charge in [0.05, 0.1) is 5.56 Å². The van der Waals surface area contributed by atoms with Crippen LogP contribution in [0, 0.1) is 17.1 Å². The van der Waals surface area contributed by atoms with Crippen LogP contribution in [0.15, 0.2) is 18.2 Å². The second-order valence-corrected chi connectivity index (χ2v) is 2.05. The maximum absolute atomic E-state index is 12.8. The van der Waals surface area contributed by atoms with Gasteiger partial charge in [0.2, 0.25) is 0 Å². The molecule has 0 aliphatic carbocycles. The molecule has 0 spiro atoms. The Kier molecular flexibility index (Phi) is 1.72. The number of hydrogen-bond acceptors (Lipinski definition) is 1. The second kappa shape index (κ2) is 2.53. The van der Waals surface area contributed by atoms with Gasteiger partial charge in [-0.15, -0.1) is 0 Å². The molecule has 0 radical (unpaired) electrons. The molecule has 1 aromatic carbocycles. The highest BCUT2D eigenvalue weighted by atomic mass is 19.1. The number of benzene rings is 1. The molecule has 0 saturated carbocycles. The Labute approximate surface area is 59.5 Å². The molecular formula is C7H5BFN. The average Bonchev–Trinajstić information content (AvgIpc) is 1.95. The van der Waals surface area contributed by atoms with Gasteiger partial charge in [-0.05, 0) is 6.07 Å². The van der Waals surface area contributed by atoms with Crippen LogP contribution in [0.5, 0.6) is 0 Å². The Balaban J connectivity index is 3.31. The highest BCUT2D eigenvalue weighted by molar-refractivity contribution is 6.32. The summed E-state index contributed by atoms with van der Waals surface area (Å²) in [6.45, 7) is 0. The van der Waals surface area contributed by atoms with E-state index >= 15 is 0 Å². The van der Waals surface area contributed by atoms with Crippen LogP contribution >= 0.6 is 0 Å². The van der Waals surface area contributed by atoms with Crippen LogP contribution in [0.4, 0.5) is 4.39 Å². The first-order valence-corrected chi connectivity index (χ1v) is 2.91. The molecule has 1 rings (SSSR count). The summed E-state index contributed by atoms with van der Waals surface area (Å²) < 4.78 is 12.8. The van der Waals surface area contributed by atoms with Crippen molar-refractivity contribution < 1.29 is 4.39 Å². The van der Waals surface area contributed by atoms with E-state index in [9.17, 15) is 4.39 Å². The Bertz CT molecular complexity index is 290. The maximum atomic E-state index is 12.8. The lowest BCUT2D eigenvalue weighted by Crippen LogP contribution is -2.09. The Hall–Kier alpha value is -1.30. The minimum atomic E-state index is -0.412. The fourth-order valence-corrected chi connectivity index (χ4v) is 0.734. The zero-order valence-corrected chi connectivity index (χ0v) is 5.56. The monoisotopic (exact) mass is 133 g/mol. The van der Waals surface area contributed by atoms with Gasteiger partial charge in [0.15, 0.2) is 0 Å². The lowest BCUT2D eigenvalue weighted by atomic mass is 9.94. The van der Waals surface area contributed by atoms with E-state index in [-0.39, 0.29) is 5.56 Å². The fourth-order valence-electron chi connectivity index (χ4n) is 0.734. The van der Waals surface area contributed by atoms with Crippen LogP contribution < -0.4 is 5.46 Å². The number of rotatable bonds is 0. The van der Waals surface area contributed by atoms with Gasteiger partial charge in [0, 0.05) is 0 Å². The first-order valence-electron chi connectivity index (χ1n) is 2.91. The Morgan fingerprint density at radius 2 is 2.20 bits per heavy atom. The fraction of sp³-hybridized carbons (Fsp3) is 0. The molecule has 3 heteroatoms. The van der Waals surface area contributed by atoms with Crippen LogP contribution in [-0.2, 0) is 0 Å². The number of hydrogen-bond donors (Lipinski definition) is 0. The molecule has 0 aromatic heterocycles. The molecule has 0 fully saturated rings. The van der Waals surface area contributed by atoms with E-state index in [2.05, 4.69) is 0 Å². The third kappa shape index (κ3) is 1.01. The molecule has 10 heavy (non-hydrogen) atoms. The van der Waals surface area contributed by atoms with Gasteiger partial charge < -0.3 is 0 Å². The molecule has 0 heterocycles. The molecular weight excluding hydrogens is 128 g/mol. The van der Waals surface area contributed by atoms with Crippen LogP contribution in [0.3, 0.4) is 0 Å². The van der Waals surface area contributed by atoms with Crippen molar-refractivity contribution >= 4 is 13.3 Å². The summed E-state index contributed by atoms with van der Waals surface area (Å²) in [5.74, 6) is -0.412. The first kappa shape index (κ1) is 6.82. The third-order valence-corrected chi connectivity index (χ3v) is 1.31. The smallest absolute Gasteiger partial charge is 0.143 e. The summed E-state index contributed by atoms with van der Waals surface area (Å²) in [6.07, 6.45) is 0. The molecule has 0 aliphatic heterocycles. The Morgan fingerprint density at radius 3 is 2.70 bits per heavy atom. The second-order valence-electron chi connectivity index (χ2n) is 2.05. The Morgan fingerprint density at radius 1 is 1.50 bits per heavy atom. The SMILES string of the molecule is Bc1cccc(C#N)c1F. The molecule has 0 amide bonds. The lowest BCUT2D eigenvalue weighted by molar-refractivity contribution is 0.632. The van der Waals surface area contributed by atoms with Gasteiger partial charge in [0.25, 0.3) is 0 Å². The van der Waals surface area contributed by atoms with Crippen LogP contribution in [0.2, 0.25) is 0 Å². The summed E-state index contributed by atoms with van der Waals surface area (Å²) >= 11 is 0. The normalized spacial score (nSPS) is 8.80. The van der Waals surface area contributed by atoms with Gasteiger partial charge in [-0.25, -0.2) is 4.39 Å². The summed E-state index contributed by atoms with van der Waals surface area (Å²) in [7, 11) is 1.64. The van der Waals surface area contributed by atoms with E-state index in [0.717, 1.165) is 0 Å². The average molecular weight is 133 g/mol. The molecule has 48 valence electrons. The summed E-state index contributed by atoms with van der Waals surface area (Å²) in [4.78, 5) is 0. The predicted octanol–water partition coefficient (Wildman–Crippen LogP) is -0.0442. The third-order valence-electron chi connectivity index (χ3n) is 1.31. The summed E-state index contributed by atoms with van der Waals surface area (Å²) in [6, 6.07) is 6.52. The lowest BCUT2D eigenvalue weighted by Gasteiger charge is -1.94. The van der Waals surface area contributed by atoms with Gasteiger partial charge in [-0.1, -0.05) is 17.6 Å². The van der Waals surface area contributed by atoms with E-state index in [0.29, 0.717) is 5.46 Å². The predicted molar refractivity (Wildman–Crippen MR) is 39.3 cm³/mol. The van der Waals surface area contributed by atoms with E-state index in [1.807, 2.05) is 0 Å². The van der Waals surface area contributed by atoms with Crippen molar-refractivity contribution in [3.8, 4) is 6.07 Å². The van der Waals surface area contributed by atoms with E-state index < -0.39 is 5.82 Å². The molecule has 0 unspecified atom stereocenters. The number of halogens is 1. The van der Waals surface area contributed by atoms with Gasteiger partial charge in [-0.2, -0.15) is 5.26 Å². The molecule has 0 atom stereocenters. The largest absolute Gasteiger partial charge is 0.206 e. The zero-order chi connectivity index (χ0) is 7.56. The summed E-state index contributed by atoms with van der Waals surface area (Å²) in [5.41, 5.74) is 0.624. The molecule has 0 N–H and O–H groups in total. The quantitative estimate of drug-likeness (QED) is 0.455. The topological polar surface area (TPSA) is 23.8 Å². The molecule has 0 aliphatic rings. The van der Waals surface area contributed by atoms with Gasteiger partial charge in [0.1, 0.15) is 19.7 Å². The van der Waals surface area contributed by atoms with Crippen molar-refractivity contribution in [2.45, 2.75) is 0 Å². The van der Waals surface area contributed by atoms with Crippen LogP contribution in [-0.4, -0.2) is 7.85 Å². The van der Waals surface area contributed by atoms with Crippen molar-refractivity contribution in [1.82, 2.24) is 0 Å². The van der Waals surface area contributed by atoms with Gasteiger partial charge in [-0.3, -0.25) is 0 Å². The van der Waals surface area contributed by atoms with Crippen molar-refractivity contribution in [2.24, 2.45) is 0 Å². The van der Waals surface area contributed by atoms with E-state index in [4.69, 9.17) is 5.26 Å². The summed E-state index contributed by atoms with van der Waals surface area (Å²) in [5, 5.41) is 8.35. The highest BCUT2D eigenvalue weighted by Gasteiger charge is 2.00. The van der Waals surface area contributed by atoms with E-state index in [1.54, 1.807) is 26.0 Å². The highest BCUT2D eigenvalue weighted by Crippen LogP contribution is 2.00. The van der Waals surface area contributed by atoms with Crippen molar-refractivity contribution in [3.63, 3.8) is 0 Å². The van der Waals surface area contributed by atoms with Crippen LogP contribution in [0.25, 0.3) is 0 Å². The maximum Gasteiger partial charge on any atom is 0.143 e. The molecule has 1 aromatic rings.